The summed E-state index contributed by atoms with van der Waals surface area (Å²) in [7, 11) is 1.86. The second-order valence-corrected chi connectivity index (χ2v) is 5.84. The fraction of sp³-hybridized carbons (Fsp3) is 0.583. The predicted molar refractivity (Wildman–Crippen MR) is 76.0 cm³/mol. The predicted octanol–water partition coefficient (Wildman–Crippen LogP) is 1.33. The van der Waals surface area contributed by atoms with Crippen LogP contribution in [-0.2, 0) is 7.05 Å². The maximum absolute atomic E-state index is 10.0. The molecule has 6 nitrogen and oxygen atoms in total. The van der Waals surface area contributed by atoms with Crippen molar-refractivity contribution in [2.24, 2.45) is 13.0 Å². The minimum absolute atomic E-state index is 0.311. The van der Waals surface area contributed by atoms with Crippen molar-refractivity contribution >= 4 is 32.8 Å². The van der Waals surface area contributed by atoms with Crippen LogP contribution in [0.15, 0.2) is 10.9 Å². The van der Waals surface area contributed by atoms with Gasteiger partial charge in [0.1, 0.15) is 16.7 Å². The normalized spacial score (nSPS) is 24.1. The lowest BCUT2D eigenvalue weighted by Crippen LogP contribution is -2.43. The van der Waals surface area contributed by atoms with Crippen molar-refractivity contribution in [3.05, 3.63) is 10.9 Å². The lowest BCUT2D eigenvalue weighted by Gasteiger charge is -2.35. The van der Waals surface area contributed by atoms with Crippen molar-refractivity contribution in [1.82, 2.24) is 19.7 Å². The Morgan fingerprint density at radius 3 is 2.95 bits per heavy atom. The first-order valence-corrected chi connectivity index (χ1v) is 7.13. The quantitative estimate of drug-likeness (QED) is 0.856. The van der Waals surface area contributed by atoms with Gasteiger partial charge in [-0.3, -0.25) is 0 Å². The molecule has 19 heavy (non-hydrogen) atoms. The average molecular weight is 326 g/mol. The molecule has 0 saturated carbocycles. The van der Waals surface area contributed by atoms with E-state index in [1.165, 1.54) is 0 Å². The zero-order valence-corrected chi connectivity index (χ0v) is 12.5. The van der Waals surface area contributed by atoms with Gasteiger partial charge in [-0.15, -0.1) is 0 Å². The Balaban J connectivity index is 2.06. The van der Waals surface area contributed by atoms with Gasteiger partial charge in [0, 0.05) is 20.1 Å². The molecule has 0 spiro atoms. The molecule has 0 bridgehead atoms. The zero-order chi connectivity index (χ0) is 13.6. The molecule has 2 aromatic rings. The minimum atomic E-state index is -0.311. The van der Waals surface area contributed by atoms with E-state index in [0.717, 1.165) is 34.4 Å². The molecule has 102 valence electrons. The van der Waals surface area contributed by atoms with Gasteiger partial charge < -0.3 is 10.0 Å². The van der Waals surface area contributed by atoms with Crippen molar-refractivity contribution in [2.75, 3.05) is 18.0 Å². The van der Waals surface area contributed by atoms with Gasteiger partial charge in [-0.2, -0.15) is 5.10 Å². The summed E-state index contributed by atoms with van der Waals surface area (Å²) >= 11 is 3.46. The molecule has 3 rings (SSSR count). The van der Waals surface area contributed by atoms with Gasteiger partial charge in [-0.1, -0.05) is 6.92 Å². The molecule has 1 aliphatic rings. The van der Waals surface area contributed by atoms with Crippen molar-refractivity contribution in [2.45, 2.75) is 19.4 Å². The summed E-state index contributed by atoms with van der Waals surface area (Å²) in [4.78, 5) is 10.8. The van der Waals surface area contributed by atoms with E-state index >= 15 is 0 Å². The topological polar surface area (TPSA) is 67.1 Å². The molecule has 0 radical (unpaired) electrons. The zero-order valence-electron chi connectivity index (χ0n) is 10.9. The largest absolute Gasteiger partial charge is 0.391 e. The van der Waals surface area contributed by atoms with Crippen molar-refractivity contribution < 1.29 is 5.11 Å². The van der Waals surface area contributed by atoms with Crippen LogP contribution in [0.1, 0.15) is 13.3 Å². The Labute approximate surface area is 119 Å². The molecule has 1 saturated heterocycles. The van der Waals surface area contributed by atoms with E-state index in [4.69, 9.17) is 0 Å². The first kappa shape index (κ1) is 12.8. The fourth-order valence-electron chi connectivity index (χ4n) is 2.51. The monoisotopic (exact) mass is 325 g/mol. The number of nitrogens with zero attached hydrogens (tertiary/aromatic N) is 5. The highest BCUT2D eigenvalue weighted by molar-refractivity contribution is 9.10. The van der Waals surface area contributed by atoms with Crippen LogP contribution in [0.4, 0.5) is 5.82 Å². The summed E-state index contributed by atoms with van der Waals surface area (Å²) in [5.41, 5.74) is 0.796. The summed E-state index contributed by atoms with van der Waals surface area (Å²) in [6.07, 6.45) is 2.20. The van der Waals surface area contributed by atoms with Crippen LogP contribution < -0.4 is 4.90 Å². The Morgan fingerprint density at radius 1 is 1.42 bits per heavy atom. The number of hydrogen-bond acceptors (Lipinski definition) is 5. The summed E-state index contributed by atoms with van der Waals surface area (Å²) in [5.74, 6) is 1.18. The van der Waals surface area contributed by atoms with Gasteiger partial charge in [0.15, 0.2) is 5.65 Å². The van der Waals surface area contributed by atoms with E-state index in [9.17, 15) is 5.11 Å². The van der Waals surface area contributed by atoms with Crippen LogP contribution in [0.25, 0.3) is 11.0 Å². The summed E-state index contributed by atoms with van der Waals surface area (Å²) < 4.78 is 2.47. The molecule has 0 aromatic carbocycles. The second kappa shape index (κ2) is 4.72. The third kappa shape index (κ3) is 2.10. The van der Waals surface area contributed by atoms with Crippen LogP contribution in [0, 0.1) is 5.92 Å². The summed E-state index contributed by atoms with van der Waals surface area (Å²) in [6.45, 7) is 3.58. The molecule has 7 heteroatoms. The molecule has 1 aliphatic heterocycles. The van der Waals surface area contributed by atoms with Crippen LogP contribution >= 0.6 is 15.9 Å². The highest BCUT2D eigenvalue weighted by Gasteiger charge is 2.27. The molecular formula is C12H16BrN5O. The number of piperidine rings is 1. The number of aryl methyl sites for hydroxylation is 1. The van der Waals surface area contributed by atoms with E-state index in [-0.39, 0.29) is 6.10 Å². The SMILES string of the molecule is CC1CCN(c2ncnc3c2c(Br)nn3C)CC1O. The van der Waals surface area contributed by atoms with Gasteiger partial charge in [-0.25, -0.2) is 14.6 Å². The average Bonchev–Trinajstić information content (AvgIpc) is 2.69. The van der Waals surface area contributed by atoms with E-state index in [2.05, 4.69) is 42.8 Å². The third-order valence-corrected chi connectivity index (χ3v) is 4.33. The first-order valence-electron chi connectivity index (χ1n) is 6.34. The van der Waals surface area contributed by atoms with E-state index in [0.29, 0.717) is 12.5 Å². The van der Waals surface area contributed by atoms with E-state index < -0.39 is 0 Å². The Hall–Kier alpha value is -1.21. The number of β-amino-alcohol motifs (C(OH)–C–C–N with tert-alkyl or cyclic N) is 1. The van der Waals surface area contributed by atoms with Crippen molar-refractivity contribution in [1.29, 1.82) is 0 Å². The standard InChI is InChI=1S/C12H16BrN5O/c1-7-3-4-18(5-8(7)19)12-9-10(13)16-17(2)11(9)14-6-15-12/h6-8,19H,3-5H2,1-2H3. The molecule has 2 unspecified atom stereocenters. The summed E-state index contributed by atoms with van der Waals surface area (Å²) in [6, 6.07) is 0. The number of anilines is 1. The number of halogens is 1. The number of aliphatic hydroxyl groups is 1. The molecule has 3 heterocycles. The van der Waals surface area contributed by atoms with Gasteiger partial charge in [0.25, 0.3) is 0 Å². The van der Waals surface area contributed by atoms with Gasteiger partial charge in [0.05, 0.1) is 11.5 Å². The van der Waals surface area contributed by atoms with Gasteiger partial charge in [0.2, 0.25) is 0 Å². The number of rotatable bonds is 1. The van der Waals surface area contributed by atoms with Crippen molar-refractivity contribution in [3.63, 3.8) is 0 Å². The maximum Gasteiger partial charge on any atom is 0.164 e. The molecule has 2 aromatic heterocycles. The van der Waals surface area contributed by atoms with Crippen LogP contribution in [0.5, 0.6) is 0 Å². The molecule has 2 atom stereocenters. The van der Waals surface area contributed by atoms with Crippen LogP contribution in [0.2, 0.25) is 0 Å². The number of fused-ring (bicyclic) bond motifs is 1. The third-order valence-electron chi connectivity index (χ3n) is 3.78. The Kier molecular flexibility index (Phi) is 3.18. The fourth-order valence-corrected chi connectivity index (χ4v) is 3.10. The lowest BCUT2D eigenvalue weighted by atomic mass is 9.96. The lowest BCUT2D eigenvalue weighted by molar-refractivity contribution is 0.103. The van der Waals surface area contributed by atoms with Crippen molar-refractivity contribution in [3.8, 4) is 0 Å². The van der Waals surface area contributed by atoms with E-state index in [1.54, 1.807) is 11.0 Å². The maximum atomic E-state index is 10.0. The Bertz CT molecular complexity index is 613. The molecule has 1 fully saturated rings. The van der Waals surface area contributed by atoms with Crippen LogP contribution in [0.3, 0.4) is 0 Å². The molecular weight excluding hydrogens is 310 g/mol. The molecule has 0 amide bonds. The summed E-state index contributed by atoms with van der Waals surface area (Å²) in [5, 5.41) is 15.3. The van der Waals surface area contributed by atoms with E-state index in [1.807, 2.05) is 7.05 Å². The number of aromatic nitrogens is 4. The highest BCUT2D eigenvalue weighted by Crippen LogP contribution is 2.31. The van der Waals surface area contributed by atoms with Crippen LogP contribution in [-0.4, -0.2) is 44.0 Å². The second-order valence-electron chi connectivity index (χ2n) is 5.09. The number of hydrogen-bond donors (Lipinski definition) is 1. The molecule has 1 N–H and O–H groups in total. The minimum Gasteiger partial charge on any atom is -0.391 e. The highest BCUT2D eigenvalue weighted by atomic mass is 79.9. The van der Waals surface area contributed by atoms with Gasteiger partial charge >= 0.3 is 0 Å². The Morgan fingerprint density at radius 2 is 2.21 bits per heavy atom. The molecule has 0 aliphatic carbocycles. The number of aliphatic hydroxyl groups excluding tert-OH is 1. The smallest absolute Gasteiger partial charge is 0.164 e. The van der Waals surface area contributed by atoms with Gasteiger partial charge in [-0.05, 0) is 28.3 Å². The first-order chi connectivity index (χ1) is 9.08.